The van der Waals surface area contributed by atoms with E-state index >= 15 is 0 Å². The molecule has 1 aromatic heterocycles. The van der Waals surface area contributed by atoms with E-state index in [9.17, 15) is 0 Å². The molecular weight excluding hydrogens is 304 g/mol. The minimum absolute atomic E-state index is 0.120. The van der Waals surface area contributed by atoms with Crippen molar-refractivity contribution in [3.63, 3.8) is 0 Å². The van der Waals surface area contributed by atoms with Crippen molar-refractivity contribution in [3.05, 3.63) is 71.3 Å². The van der Waals surface area contributed by atoms with E-state index in [4.69, 9.17) is 4.42 Å². The first-order chi connectivity index (χ1) is 11.9. The third kappa shape index (κ3) is 2.55. The summed E-state index contributed by atoms with van der Waals surface area (Å²) in [7, 11) is 0. The van der Waals surface area contributed by atoms with Gasteiger partial charge in [0.15, 0.2) is 0 Å². The number of hydrogen-bond donors (Lipinski definition) is 0. The zero-order valence-corrected chi connectivity index (χ0v) is 15.6. The van der Waals surface area contributed by atoms with Crippen LogP contribution in [0, 0.1) is 13.8 Å². The lowest BCUT2D eigenvalue weighted by Gasteiger charge is -2.20. The largest absolute Gasteiger partial charge is 0.456 e. The van der Waals surface area contributed by atoms with E-state index in [1.165, 1.54) is 38.4 Å². The molecule has 4 rings (SSSR count). The van der Waals surface area contributed by atoms with Gasteiger partial charge >= 0.3 is 0 Å². The second-order valence-corrected chi connectivity index (χ2v) is 8.00. The summed E-state index contributed by atoms with van der Waals surface area (Å²) in [5, 5.41) is 3.75. The molecule has 3 aromatic carbocycles. The molecule has 0 N–H and O–H groups in total. The van der Waals surface area contributed by atoms with Crippen LogP contribution < -0.4 is 0 Å². The summed E-state index contributed by atoms with van der Waals surface area (Å²) in [6.07, 6.45) is 0. The Morgan fingerprint density at radius 2 is 1.60 bits per heavy atom. The first-order valence-corrected chi connectivity index (χ1v) is 8.88. The Labute approximate surface area is 149 Å². The summed E-state index contributed by atoms with van der Waals surface area (Å²) >= 11 is 0. The molecule has 0 bridgehead atoms. The predicted molar refractivity (Wildman–Crippen MR) is 107 cm³/mol. The standard InChI is InChI=1S/C24H24O/c1-15-10-12-18(24(3,4)5)14-20(15)23-16(2)22-19-9-7-6-8-17(19)11-13-21(22)25-23/h6-14H,1-5H3. The molecule has 0 spiro atoms. The van der Waals surface area contributed by atoms with Gasteiger partial charge in [-0.25, -0.2) is 0 Å². The lowest BCUT2D eigenvalue weighted by Crippen LogP contribution is -2.11. The monoisotopic (exact) mass is 328 g/mol. The fraction of sp³-hybridized carbons (Fsp3) is 0.250. The summed E-state index contributed by atoms with van der Waals surface area (Å²) in [5.74, 6) is 0.995. The second kappa shape index (κ2) is 5.49. The van der Waals surface area contributed by atoms with Crippen molar-refractivity contribution in [2.24, 2.45) is 0 Å². The van der Waals surface area contributed by atoms with Crippen LogP contribution in [0.3, 0.4) is 0 Å². The minimum Gasteiger partial charge on any atom is -0.456 e. The van der Waals surface area contributed by atoms with Crippen LogP contribution in [0.2, 0.25) is 0 Å². The fourth-order valence-corrected chi connectivity index (χ4v) is 3.61. The van der Waals surface area contributed by atoms with Gasteiger partial charge in [0, 0.05) is 16.5 Å². The highest BCUT2D eigenvalue weighted by molar-refractivity contribution is 6.09. The average Bonchev–Trinajstić information content (AvgIpc) is 2.91. The van der Waals surface area contributed by atoms with E-state index in [0.29, 0.717) is 0 Å². The van der Waals surface area contributed by atoms with Crippen LogP contribution in [0.15, 0.2) is 59.0 Å². The van der Waals surface area contributed by atoms with Crippen LogP contribution in [0.1, 0.15) is 37.5 Å². The van der Waals surface area contributed by atoms with Gasteiger partial charge in [-0.1, -0.05) is 63.2 Å². The van der Waals surface area contributed by atoms with Gasteiger partial charge < -0.3 is 4.42 Å². The maximum absolute atomic E-state index is 6.34. The van der Waals surface area contributed by atoms with Gasteiger partial charge in [0.1, 0.15) is 11.3 Å². The molecule has 0 saturated heterocycles. The van der Waals surface area contributed by atoms with Gasteiger partial charge in [0.2, 0.25) is 0 Å². The molecule has 1 heterocycles. The third-order valence-corrected chi connectivity index (χ3v) is 5.17. The number of hydrogen-bond acceptors (Lipinski definition) is 1. The number of fused-ring (bicyclic) bond motifs is 3. The Hall–Kier alpha value is -2.54. The molecular formula is C24H24O. The Balaban J connectivity index is 2.03. The lowest BCUT2D eigenvalue weighted by molar-refractivity contribution is 0.589. The van der Waals surface area contributed by atoms with Gasteiger partial charge in [-0.05, 0) is 53.3 Å². The maximum Gasteiger partial charge on any atom is 0.138 e. The number of benzene rings is 3. The lowest BCUT2D eigenvalue weighted by atomic mass is 9.84. The van der Waals surface area contributed by atoms with Crippen molar-refractivity contribution >= 4 is 21.7 Å². The maximum atomic E-state index is 6.34. The molecule has 4 aromatic rings. The molecule has 0 radical (unpaired) electrons. The number of furan rings is 1. The Morgan fingerprint density at radius 1 is 0.840 bits per heavy atom. The highest BCUT2D eigenvalue weighted by Gasteiger charge is 2.19. The van der Waals surface area contributed by atoms with Gasteiger partial charge in [-0.15, -0.1) is 0 Å². The van der Waals surface area contributed by atoms with Crippen LogP contribution in [-0.4, -0.2) is 0 Å². The summed E-state index contributed by atoms with van der Waals surface area (Å²) < 4.78 is 6.34. The van der Waals surface area contributed by atoms with E-state index in [0.717, 1.165) is 11.3 Å². The van der Waals surface area contributed by atoms with Gasteiger partial charge in [0.05, 0.1) is 0 Å². The zero-order valence-electron chi connectivity index (χ0n) is 15.6. The molecule has 0 fully saturated rings. The summed E-state index contributed by atoms with van der Waals surface area (Å²) in [5.41, 5.74) is 6.09. The molecule has 0 aliphatic rings. The molecule has 1 heteroatoms. The minimum atomic E-state index is 0.120. The fourth-order valence-electron chi connectivity index (χ4n) is 3.61. The van der Waals surface area contributed by atoms with Crippen molar-refractivity contribution in [2.45, 2.75) is 40.0 Å². The van der Waals surface area contributed by atoms with Crippen molar-refractivity contribution in [2.75, 3.05) is 0 Å². The molecule has 0 atom stereocenters. The normalized spacial score (nSPS) is 12.2. The Bertz CT molecular complexity index is 1090. The van der Waals surface area contributed by atoms with Crippen molar-refractivity contribution < 1.29 is 4.42 Å². The molecule has 0 unspecified atom stereocenters. The highest BCUT2D eigenvalue weighted by Crippen LogP contribution is 2.39. The van der Waals surface area contributed by atoms with E-state index in [1.807, 2.05) is 0 Å². The Morgan fingerprint density at radius 3 is 2.36 bits per heavy atom. The third-order valence-electron chi connectivity index (χ3n) is 5.17. The van der Waals surface area contributed by atoms with Crippen LogP contribution in [0.5, 0.6) is 0 Å². The first kappa shape index (κ1) is 16.0. The Kier molecular flexibility index (Phi) is 3.50. The topological polar surface area (TPSA) is 13.1 Å². The summed E-state index contributed by atoms with van der Waals surface area (Å²) in [4.78, 5) is 0. The molecule has 0 amide bonds. The molecule has 0 aliphatic carbocycles. The number of aryl methyl sites for hydroxylation is 2. The van der Waals surface area contributed by atoms with Gasteiger partial charge in [0.25, 0.3) is 0 Å². The quantitative estimate of drug-likeness (QED) is 0.361. The molecule has 25 heavy (non-hydrogen) atoms. The SMILES string of the molecule is Cc1ccc(C(C)(C)C)cc1-c1oc2ccc3ccccc3c2c1C. The second-order valence-electron chi connectivity index (χ2n) is 8.00. The summed E-state index contributed by atoms with van der Waals surface area (Å²) in [6, 6.07) is 19.5. The predicted octanol–water partition coefficient (Wildman–Crippen LogP) is 7.17. The van der Waals surface area contributed by atoms with Crippen LogP contribution in [0.4, 0.5) is 0 Å². The van der Waals surface area contributed by atoms with Crippen molar-refractivity contribution in [3.8, 4) is 11.3 Å². The van der Waals surface area contributed by atoms with Crippen LogP contribution >= 0.6 is 0 Å². The molecule has 0 aliphatic heterocycles. The number of rotatable bonds is 1. The van der Waals surface area contributed by atoms with Crippen molar-refractivity contribution in [1.82, 2.24) is 0 Å². The highest BCUT2D eigenvalue weighted by atomic mass is 16.3. The van der Waals surface area contributed by atoms with E-state index < -0.39 is 0 Å². The van der Waals surface area contributed by atoms with E-state index in [2.05, 4.69) is 89.2 Å². The van der Waals surface area contributed by atoms with E-state index in [1.54, 1.807) is 0 Å². The average molecular weight is 328 g/mol. The van der Waals surface area contributed by atoms with E-state index in [-0.39, 0.29) is 5.41 Å². The molecule has 126 valence electrons. The first-order valence-electron chi connectivity index (χ1n) is 8.88. The summed E-state index contributed by atoms with van der Waals surface area (Å²) in [6.45, 7) is 11.1. The molecule has 1 nitrogen and oxygen atoms in total. The van der Waals surface area contributed by atoms with Crippen LogP contribution in [-0.2, 0) is 5.41 Å². The van der Waals surface area contributed by atoms with Gasteiger partial charge in [-0.2, -0.15) is 0 Å². The van der Waals surface area contributed by atoms with Crippen LogP contribution in [0.25, 0.3) is 33.1 Å². The van der Waals surface area contributed by atoms with Gasteiger partial charge in [-0.3, -0.25) is 0 Å². The molecule has 0 saturated carbocycles. The zero-order chi connectivity index (χ0) is 17.8. The smallest absolute Gasteiger partial charge is 0.138 e. The van der Waals surface area contributed by atoms with Crippen molar-refractivity contribution in [1.29, 1.82) is 0 Å².